The van der Waals surface area contributed by atoms with Crippen LogP contribution >= 0.6 is 0 Å². The van der Waals surface area contributed by atoms with E-state index in [2.05, 4.69) is 5.10 Å². The van der Waals surface area contributed by atoms with Crippen LogP contribution in [0.3, 0.4) is 0 Å². The fourth-order valence-corrected chi connectivity index (χ4v) is 2.67. The molecule has 1 aromatic carbocycles. The zero-order valence-electron chi connectivity index (χ0n) is 11.1. The van der Waals surface area contributed by atoms with Gasteiger partial charge < -0.3 is 10.0 Å². The molecule has 2 aromatic rings. The second kappa shape index (κ2) is 4.63. The van der Waals surface area contributed by atoms with Crippen LogP contribution in [-0.4, -0.2) is 44.8 Å². The van der Waals surface area contributed by atoms with Gasteiger partial charge in [0.15, 0.2) is 5.69 Å². The van der Waals surface area contributed by atoms with Crippen molar-refractivity contribution in [2.45, 2.75) is 6.42 Å². The number of carboxylic acid groups (broad SMARTS) is 1. The highest BCUT2D eigenvalue weighted by atomic mass is 16.4. The Morgan fingerprint density at radius 2 is 2.10 bits per heavy atom. The number of aromatic nitrogens is 2. The van der Waals surface area contributed by atoms with Crippen molar-refractivity contribution in [3.8, 4) is 0 Å². The van der Waals surface area contributed by atoms with Crippen molar-refractivity contribution in [2.75, 3.05) is 13.1 Å². The maximum atomic E-state index is 12.5. The molecule has 1 aromatic heterocycles. The van der Waals surface area contributed by atoms with Crippen LogP contribution in [0.1, 0.15) is 16.9 Å². The lowest BCUT2D eigenvalue weighted by Gasteiger charge is -2.14. The number of aryl methyl sites for hydroxylation is 1. The number of hydrogen-bond acceptors (Lipinski definition) is 3. The third-order valence-electron chi connectivity index (χ3n) is 3.79. The quantitative estimate of drug-likeness (QED) is 0.889. The Bertz CT molecular complexity index is 692. The van der Waals surface area contributed by atoms with Gasteiger partial charge in [0.1, 0.15) is 0 Å². The molecule has 1 saturated heterocycles. The Kier molecular flexibility index (Phi) is 2.93. The monoisotopic (exact) mass is 273 g/mol. The molecule has 0 saturated carbocycles. The maximum Gasteiger partial charge on any atom is 0.308 e. The molecule has 1 atom stereocenters. The van der Waals surface area contributed by atoms with Crippen LogP contribution in [0.5, 0.6) is 0 Å². The summed E-state index contributed by atoms with van der Waals surface area (Å²) in [5.74, 6) is -1.49. The molecule has 0 radical (unpaired) electrons. The number of para-hydroxylation sites is 1. The molecule has 1 fully saturated rings. The van der Waals surface area contributed by atoms with Crippen molar-refractivity contribution >= 4 is 22.8 Å². The van der Waals surface area contributed by atoms with Crippen LogP contribution in [0.4, 0.5) is 0 Å². The molecule has 1 aliphatic rings. The number of likely N-dealkylation sites (tertiary alicyclic amines) is 1. The van der Waals surface area contributed by atoms with Gasteiger partial charge in [-0.1, -0.05) is 18.2 Å². The molecule has 2 heterocycles. The maximum absolute atomic E-state index is 12.5. The van der Waals surface area contributed by atoms with Gasteiger partial charge in [0.2, 0.25) is 0 Å². The fourth-order valence-electron chi connectivity index (χ4n) is 2.67. The second-order valence-corrected chi connectivity index (χ2v) is 5.06. The molecule has 104 valence electrons. The van der Waals surface area contributed by atoms with Gasteiger partial charge in [-0.3, -0.25) is 14.3 Å². The SMILES string of the molecule is Cn1nc(C(=O)N2CC[C@H](C(=O)O)C2)c2ccccc21. The molecule has 1 aliphatic heterocycles. The van der Waals surface area contributed by atoms with Crippen LogP contribution in [-0.2, 0) is 11.8 Å². The van der Waals surface area contributed by atoms with Crippen molar-refractivity contribution in [2.24, 2.45) is 13.0 Å². The molecule has 0 bridgehead atoms. The smallest absolute Gasteiger partial charge is 0.308 e. The zero-order chi connectivity index (χ0) is 14.3. The van der Waals surface area contributed by atoms with Gasteiger partial charge in [-0.05, 0) is 12.5 Å². The summed E-state index contributed by atoms with van der Waals surface area (Å²) in [5.41, 5.74) is 1.29. The summed E-state index contributed by atoms with van der Waals surface area (Å²) in [6.45, 7) is 0.736. The van der Waals surface area contributed by atoms with Crippen LogP contribution in [0.2, 0.25) is 0 Å². The molecule has 3 rings (SSSR count). The molecule has 0 unspecified atom stereocenters. The highest BCUT2D eigenvalue weighted by Crippen LogP contribution is 2.23. The average Bonchev–Trinajstić information content (AvgIpc) is 3.04. The first-order valence-corrected chi connectivity index (χ1v) is 6.51. The van der Waals surface area contributed by atoms with E-state index in [0.717, 1.165) is 10.9 Å². The lowest BCUT2D eigenvalue weighted by Crippen LogP contribution is -2.30. The normalized spacial score (nSPS) is 18.6. The Morgan fingerprint density at radius 1 is 1.35 bits per heavy atom. The first kappa shape index (κ1) is 12.7. The minimum Gasteiger partial charge on any atom is -0.481 e. The number of carbonyl (C=O) groups excluding carboxylic acids is 1. The van der Waals surface area contributed by atoms with Crippen LogP contribution in [0.25, 0.3) is 10.9 Å². The van der Waals surface area contributed by atoms with Crippen molar-refractivity contribution in [1.82, 2.24) is 14.7 Å². The van der Waals surface area contributed by atoms with E-state index in [1.165, 1.54) is 0 Å². The highest BCUT2D eigenvalue weighted by molar-refractivity contribution is 6.05. The molecule has 6 nitrogen and oxygen atoms in total. The first-order chi connectivity index (χ1) is 9.58. The molecular weight excluding hydrogens is 258 g/mol. The predicted molar refractivity (Wildman–Crippen MR) is 72.4 cm³/mol. The van der Waals surface area contributed by atoms with E-state index in [-0.39, 0.29) is 12.5 Å². The Morgan fingerprint density at radius 3 is 2.80 bits per heavy atom. The van der Waals surface area contributed by atoms with E-state index in [0.29, 0.717) is 18.7 Å². The third kappa shape index (κ3) is 1.93. The number of amides is 1. The van der Waals surface area contributed by atoms with Gasteiger partial charge in [-0.2, -0.15) is 5.10 Å². The van der Waals surface area contributed by atoms with Crippen LogP contribution in [0.15, 0.2) is 24.3 Å². The highest BCUT2D eigenvalue weighted by Gasteiger charge is 2.32. The Balaban J connectivity index is 1.92. The average molecular weight is 273 g/mol. The summed E-state index contributed by atoms with van der Waals surface area (Å²) in [4.78, 5) is 25.0. The molecule has 1 N–H and O–H groups in total. The number of nitrogens with zero attached hydrogens (tertiary/aromatic N) is 3. The summed E-state index contributed by atoms with van der Waals surface area (Å²) in [5, 5.41) is 14.1. The van der Waals surface area contributed by atoms with E-state index in [1.54, 1.807) is 16.6 Å². The van der Waals surface area contributed by atoms with Crippen LogP contribution in [0, 0.1) is 5.92 Å². The standard InChI is InChI=1S/C14H15N3O3/c1-16-11-5-3-2-4-10(11)12(15-16)13(18)17-7-6-9(8-17)14(19)20/h2-5,9H,6-8H2,1H3,(H,19,20)/t9-/m0/s1. The molecule has 1 amide bonds. The van der Waals surface area contributed by atoms with Gasteiger partial charge in [-0.25, -0.2) is 0 Å². The Labute approximate surface area is 115 Å². The van der Waals surface area contributed by atoms with Crippen molar-refractivity contribution in [1.29, 1.82) is 0 Å². The molecule has 0 aliphatic carbocycles. The molecule has 0 spiro atoms. The lowest BCUT2D eigenvalue weighted by atomic mass is 10.1. The topological polar surface area (TPSA) is 75.4 Å². The van der Waals surface area contributed by atoms with Crippen molar-refractivity contribution < 1.29 is 14.7 Å². The van der Waals surface area contributed by atoms with Crippen molar-refractivity contribution in [3.63, 3.8) is 0 Å². The minimum absolute atomic E-state index is 0.189. The van der Waals surface area contributed by atoms with E-state index in [1.807, 2.05) is 24.3 Å². The molecule has 6 heteroatoms. The van der Waals surface area contributed by atoms with Gasteiger partial charge in [0.05, 0.1) is 11.4 Å². The van der Waals surface area contributed by atoms with Gasteiger partial charge in [0.25, 0.3) is 5.91 Å². The second-order valence-electron chi connectivity index (χ2n) is 5.06. The number of rotatable bonds is 2. The number of fused-ring (bicyclic) bond motifs is 1. The number of benzene rings is 1. The largest absolute Gasteiger partial charge is 0.481 e. The lowest BCUT2D eigenvalue weighted by molar-refractivity contribution is -0.141. The van der Waals surface area contributed by atoms with Gasteiger partial charge in [0, 0.05) is 25.5 Å². The Hall–Kier alpha value is -2.37. The van der Waals surface area contributed by atoms with E-state index >= 15 is 0 Å². The summed E-state index contributed by atoms with van der Waals surface area (Å²) < 4.78 is 1.67. The molecule has 20 heavy (non-hydrogen) atoms. The number of aliphatic carboxylic acids is 1. The summed E-state index contributed by atoms with van der Waals surface area (Å²) >= 11 is 0. The third-order valence-corrected chi connectivity index (χ3v) is 3.79. The van der Waals surface area contributed by atoms with Crippen LogP contribution < -0.4 is 0 Å². The van der Waals surface area contributed by atoms with Crippen molar-refractivity contribution in [3.05, 3.63) is 30.0 Å². The molecular formula is C14H15N3O3. The summed E-state index contributed by atoms with van der Waals surface area (Å²) in [6, 6.07) is 7.53. The van der Waals surface area contributed by atoms with E-state index < -0.39 is 11.9 Å². The number of hydrogen-bond donors (Lipinski definition) is 1. The predicted octanol–water partition coefficient (Wildman–Crippen LogP) is 1.12. The van der Waals surface area contributed by atoms with Gasteiger partial charge >= 0.3 is 5.97 Å². The van der Waals surface area contributed by atoms with E-state index in [4.69, 9.17) is 5.11 Å². The zero-order valence-corrected chi connectivity index (χ0v) is 11.1. The first-order valence-electron chi connectivity index (χ1n) is 6.51. The van der Waals surface area contributed by atoms with Gasteiger partial charge in [-0.15, -0.1) is 0 Å². The fraction of sp³-hybridized carbons (Fsp3) is 0.357. The minimum atomic E-state index is -0.842. The summed E-state index contributed by atoms with van der Waals surface area (Å²) in [7, 11) is 1.79. The van der Waals surface area contributed by atoms with E-state index in [9.17, 15) is 9.59 Å². The number of carboxylic acids is 1. The summed E-state index contributed by atoms with van der Waals surface area (Å²) in [6.07, 6.45) is 0.506. The number of carbonyl (C=O) groups is 2.